The Hall–Kier alpha value is -4.59. The molecule has 1 amide bonds. The molecule has 6 nitrogen and oxygen atoms in total. The molecule has 1 aromatic heterocycles. The lowest BCUT2D eigenvalue weighted by Crippen LogP contribution is -2.23. The quantitative estimate of drug-likeness (QED) is 0.383. The van der Waals surface area contributed by atoms with Gasteiger partial charge in [-0.2, -0.15) is 0 Å². The van der Waals surface area contributed by atoms with Crippen molar-refractivity contribution in [2.24, 2.45) is 0 Å². The van der Waals surface area contributed by atoms with E-state index < -0.39 is 23.5 Å². The smallest absolute Gasteiger partial charge is 0.335 e. The summed E-state index contributed by atoms with van der Waals surface area (Å²) in [6.07, 6.45) is 2.53. The van der Waals surface area contributed by atoms with Gasteiger partial charge in [0.15, 0.2) is 0 Å². The fraction of sp³-hybridized carbons (Fsp3) is 0.0385. The topological polar surface area (TPSA) is 88.5 Å². The van der Waals surface area contributed by atoms with Gasteiger partial charge in [-0.25, -0.2) is 13.6 Å². The first-order chi connectivity index (χ1) is 16.4. The van der Waals surface area contributed by atoms with Gasteiger partial charge >= 0.3 is 5.97 Å². The maximum Gasteiger partial charge on any atom is 0.335 e. The summed E-state index contributed by atoms with van der Waals surface area (Å²) in [4.78, 5) is 27.8. The largest absolute Gasteiger partial charge is 0.478 e. The normalized spacial score (nSPS) is 10.5. The molecule has 3 aromatic carbocycles. The van der Waals surface area contributed by atoms with E-state index in [0.29, 0.717) is 16.9 Å². The Morgan fingerprint density at radius 2 is 1.68 bits per heavy atom. The van der Waals surface area contributed by atoms with Crippen molar-refractivity contribution in [1.82, 2.24) is 10.3 Å². The molecular weight excluding hydrogens is 442 g/mol. The summed E-state index contributed by atoms with van der Waals surface area (Å²) in [6, 6.07) is 17.6. The summed E-state index contributed by atoms with van der Waals surface area (Å²) >= 11 is 0. The second-order valence-corrected chi connectivity index (χ2v) is 7.31. The molecule has 0 aliphatic heterocycles. The van der Waals surface area contributed by atoms with Gasteiger partial charge in [-0.1, -0.05) is 18.2 Å². The number of carbonyl (C=O) groups excluding carboxylic acids is 1. The monoisotopic (exact) mass is 460 g/mol. The SMILES string of the molecule is O=C(O)c1ccc(CNC(=O)c2cc(-c3ccncc3F)ccc2Oc2ccc(F)cc2)cc1. The van der Waals surface area contributed by atoms with E-state index in [0.717, 1.165) is 6.20 Å². The van der Waals surface area contributed by atoms with E-state index in [-0.39, 0.29) is 29.0 Å². The van der Waals surface area contributed by atoms with Gasteiger partial charge in [0.1, 0.15) is 23.1 Å². The molecule has 0 saturated carbocycles. The van der Waals surface area contributed by atoms with Crippen LogP contribution >= 0.6 is 0 Å². The Bertz CT molecular complexity index is 1340. The fourth-order valence-electron chi connectivity index (χ4n) is 3.25. The average molecular weight is 460 g/mol. The number of nitrogens with one attached hydrogen (secondary N) is 1. The number of aromatic nitrogens is 1. The highest BCUT2D eigenvalue weighted by Gasteiger charge is 2.17. The number of pyridine rings is 1. The van der Waals surface area contributed by atoms with Crippen molar-refractivity contribution < 1.29 is 28.2 Å². The lowest BCUT2D eigenvalue weighted by molar-refractivity contribution is 0.0696. The lowest BCUT2D eigenvalue weighted by atomic mass is 10.0. The van der Waals surface area contributed by atoms with Crippen LogP contribution in [0.1, 0.15) is 26.3 Å². The van der Waals surface area contributed by atoms with Crippen LogP contribution < -0.4 is 10.1 Å². The molecule has 4 aromatic rings. The summed E-state index contributed by atoms with van der Waals surface area (Å²) in [5, 5.41) is 11.8. The minimum absolute atomic E-state index is 0.128. The van der Waals surface area contributed by atoms with Crippen molar-refractivity contribution >= 4 is 11.9 Å². The van der Waals surface area contributed by atoms with Crippen LogP contribution in [0.5, 0.6) is 11.5 Å². The van der Waals surface area contributed by atoms with E-state index in [1.165, 1.54) is 60.8 Å². The molecule has 0 fully saturated rings. The lowest BCUT2D eigenvalue weighted by Gasteiger charge is -2.14. The predicted molar refractivity (Wildman–Crippen MR) is 121 cm³/mol. The van der Waals surface area contributed by atoms with E-state index >= 15 is 0 Å². The number of ether oxygens (including phenoxy) is 1. The maximum absolute atomic E-state index is 14.3. The third-order valence-corrected chi connectivity index (χ3v) is 5.00. The van der Waals surface area contributed by atoms with Gasteiger partial charge in [0.25, 0.3) is 5.91 Å². The molecule has 0 unspecified atom stereocenters. The molecule has 0 radical (unpaired) electrons. The zero-order valence-corrected chi connectivity index (χ0v) is 17.7. The van der Waals surface area contributed by atoms with Crippen molar-refractivity contribution in [2.45, 2.75) is 6.54 Å². The molecule has 0 atom stereocenters. The minimum atomic E-state index is -1.04. The third-order valence-electron chi connectivity index (χ3n) is 5.00. The molecule has 2 N–H and O–H groups in total. The van der Waals surface area contributed by atoms with Crippen LogP contribution in [-0.2, 0) is 6.54 Å². The maximum atomic E-state index is 14.3. The number of halogens is 2. The Labute approximate surface area is 193 Å². The predicted octanol–water partition coefficient (Wildman–Crippen LogP) is 5.45. The number of nitrogens with zero attached hydrogens (tertiary/aromatic N) is 1. The van der Waals surface area contributed by atoms with E-state index in [1.807, 2.05) is 0 Å². The Morgan fingerprint density at radius 1 is 0.941 bits per heavy atom. The van der Waals surface area contributed by atoms with Crippen LogP contribution in [0, 0.1) is 11.6 Å². The second-order valence-electron chi connectivity index (χ2n) is 7.31. The summed E-state index contributed by atoms with van der Waals surface area (Å²) in [6.45, 7) is 0.128. The van der Waals surface area contributed by atoms with Gasteiger partial charge in [0.2, 0.25) is 0 Å². The van der Waals surface area contributed by atoms with Crippen LogP contribution in [0.15, 0.2) is 85.2 Å². The molecular formula is C26H18F2N2O4. The molecule has 0 saturated heterocycles. The van der Waals surface area contributed by atoms with E-state index in [9.17, 15) is 18.4 Å². The first kappa shape index (κ1) is 22.6. The summed E-state index contributed by atoms with van der Waals surface area (Å²) < 4.78 is 33.3. The fourth-order valence-corrected chi connectivity index (χ4v) is 3.25. The molecule has 1 heterocycles. The number of carboxylic acid groups (broad SMARTS) is 1. The van der Waals surface area contributed by atoms with Crippen molar-refractivity contribution in [3.63, 3.8) is 0 Å². The van der Waals surface area contributed by atoms with Gasteiger partial charge in [0, 0.05) is 18.3 Å². The van der Waals surface area contributed by atoms with Crippen LogP contribution in [0.25, 0.3) is 11.1 Å². The Balaban J connectivity index is 1.62. The zero-order chi connectivity index (χ0) is 24.1. The number of carboxylic acids is 1. The zero-order valence-electron chi connectivity index (χ0n) is 17.7. The van der Waals surface area contributed by atoms with Crippen LogP contribution in [0.4, 0.5) is 8.78 Å². The molecule has 8 heteroatoms. The molecule has 0 aliphatic rings. The first-order valence-corrected chi connectivity index (χ1v) is 10.2. The number of hydrogen-bond donors (Lipinski definition) is 2. The Morgan fingerprint density at radius 3 is 2.35 bits per heavy atom. The standard InChI is InChI=1S/C26H18F2N2O4/c27-19-6-8-20(9-7-19)34-24-10-5-18(21-11-12-29-15-23(21)28)13-22(24)25(31)30-14-16-1-3-17(4-2-16)26(32)33/h1-13,15H,14H2,(H,30,31)(H,32,33). The van der Waals surface area contributed by atoms with E-state index in [4.69, 9.17) is 9.84 Å². The minimum Gasteiger partial charge on any atom is -0.478 e. The number of hydrogen-bond acceptors (Lipinski definition) is 4. The summed E-state index contributed by atoms with van der Waals surface area (Å²) in [5.74, 6) is -1.98. The molecule has 0 aliphatic carbocycles. The van der Waals surface area contributed by atoms with Crippen molar-refractivity contribution in [2.75, 3.05) is 0 Å². The van der Waals surface area contributed by atoms with Gasteiger partial charge in [0.05, 0.1) is 17.3 Å². The summed E-state index contributed by atoms with van der Waals surface area (Å²) in [7, 11) is 0. The van der Waals surface area contributed by atoms with E-state index in [1.54, 1.807) is 18.2 Å². The third kappa shape index (κ3) is 5.24. The molecule has 0 bridgehead atoms. The number of aromatic carboxylic acids is 1. The number of amides is 1. The van der Waals surface area contributed by atoms with Crippen LogP contribution in [-0.4, -0.2) is 22.0 Å². The van der Waals surface area contributed by atoms with Crippen molar-refractivity contribution in [3.8, 4) is 22.6 Å². The molecule has 4 rings (SSSR count). The molecule has 34 heavy (non-hydrogen) atoms. The molecule has 0 spiro atoms. The number of carbonyl (C=O) groups is 2. The van der Waals surface area contributed by atoms with Crippen LogP contribution in [0.2, 0.25) is 0 Å². The van der Waals surface area contributed by atoms with Gasteiger partial charge in [-0.15, -0.1) is 0 Å². The average Bonchev–Trinajstić information content (AvgIpc) is 2.85. The van der Waals surface area contributed by atoms with Gasteiger partial charge in [-0.3, -0.25) is 9.78 Å². The first-order valence-electron chi connectivity index (χ1n) is 10.2. The second kappa shape index (κ2) is 9.91. The Kier molecular flexibility index (Phi) is 6.59. The van der Waals surface area contributed by atoms with Gasteiger partial charge in [-0.05, 0) is 65.7 Å². The summed E-state index contributed by atoms with van der Waals surface area (Å²) in [5.41, 5.74) is 1.68. The molecule has 170 valence electrons. The number of rotatable bonds is 7. The highest BCUT2D eigenvalue weighted by Crippen LogP contribution is 2.31. The van der Waals surface area contributed by atoms with E-state index in [2.05, 4.69) is 10.3 Å². The van der Waals surface area contributed by atoms with Crippen LogP contribution in [0.3, 0.4) is 0 Å². The highest BCUT2D eigenvalue weighted by atomic mass is 19.1. The number of benzene rings is 3. The van der Waals surface area contributed by atoms with Gasteiger partial charge < -0.3 is 15.2 Å². The van der Waals surface area contributed by atoms with Crippen molar-refractivity contribution in [1.29, 1.82) is 0 Å². The van der Waals surface area contributed by atoms with Crippen molar-refractivity contribution in [3.05, 3.63) is 114 Å². The highest BCUT2D eigenvalue weighted by molar-refractivity contribution is 5.98.